The first-order valence-corrected chi connectivity index (χ1v) is 8.22. The van der Waals surface area contributed by atoms with Crippen LogP contribution in [0.15, 0.2) is 41.1 Å². The van der Waals surface area contributed by atoms with Crippen molar-refractivity contribution >= 4 is 23.3 Å². The Morgan fingerprint density at radius 3 is 3.04 bits per heavy atom. The van der Waals surface area contributed by atoms with Crippen LogP contribution in [0.1, 0.15) is 23.7 Å². The number of fused-ring (bicyclic) bond motifs is 1. The zero-order valence-electron chi connectivity index (χ0n) is 12.4. The van der Waals surface area contributed by atoms with E-state index in [4.69, 9.17) is 9.47 Å². The minimum atomic E-state index is -0.661. The average Bonchev–Trinajstić information content (AvgIpc) is 3.23. The largest absolute Gasteiger partial charge is 0.454 e. The molecule has 1 aromatic heterocycles. The van der Waals surface area contributed by atoms with Crippen LogP contribution in [0.3, 0.4) is 0 Å². The Labute approximate surface area is 138 Å². The van der Waals surface area contributed by atoms with E-state index < -0.39 is 6.10 Å². The third-order valence-electron chi connectivity index (χ3n) is 3.47. The van der Waals surface area contributed by atoms with Gasteiger partial charge in [-0.3, -0.25) is 4.79 Å². The Morgan fingerprint density at radius 2 is 2.22 bits per heavy atom. The summed E-state index contributed by atoms with van der Waals surface area (Å²) in [6.07, 6.45) is 3.03. The Hall–Kier alpha value is -2.31. The maximum atomic E-state index is 11.7. The maximum absolute atomic E-state index is 11.7. The van der Waals surface area contributed by atoms with Crippen molar-refractivity contribution in [2.24, 2.45) is 0 Å². The van der Waals surface area contributed by atoms with Crippen LogP contribution < -0.4 is 14.8 Å². The van der Waals surface area contributed by atoms with E-state index in [2.05, 4.69) is 5.32 Å². The number of hydrogen-bond acceptors (Lipinski definition) is 5. The van der Waals surface area contributed by atoms with Gasteiger partial charge in [-0.15, -0.1) is 0 Å². The van der Waals surface area contributed by atoms with E-state index in [-0.39, 0.29) is 12.7 Å². The predicted octanol–water partition coefficient (Wildman–Crippen LogP) is 2.73. The highest BCUT2D eigenvalue weighted by atomic mass is 32.1. The number of nitrogens with one attached hydrogen (secondary N) is 1. The normalized spacial score (nSPS) is 14.1. The highest BCUT2D eigenvalue weighted by molar-refractivity contribution is 7.08. The monoisotopic (exact) mass is 331 g/mol. The predicted molar refractivity (Wildman–Crippen MR) is 88.5 cm³/mol. The minimum absolute atomic E-state index is 0.172. The van der Waals surface area contributed by atoms with Gasteiger partial charge in [0.1, 0.15) is 0 Å². The van der Waals surface area contributed by atoms with E-state index in [1.54, 1.807) is 35.6 Å². The second-order valence-electron chi connectivity index (χ2n) is 5.10. The van der Waals surface area contributed by atoms with Gasteiger partial charge >= 0.3 is 0 Å². The van der Waals surface area contributed by atoms with Crippen molar-refractivity contribution in [3.05, 3.63) is 52.2 Å². The first-order valence-electron chi connectivity index (χ1n) is 7.28. The molecule has 0 saturated carbocycles. The van der Waals surface area contributed by atoms with Crippen molar-refractivity contribution < 1.29 is 19.4 Å². The van der Waals surface area contributed by atoms with Crippen LogP contribution in [0.2, 0.25) is 0 Å². The highest BCUT2D eigenvalue weighted by Crippen LogP contribution is 2.34. The molecule has 1 unspecified atom stereocenters. The summed E-state index contributed by atoms with van der Waals surface area (Å²) in [6.45, 7) is 0.601. The topological polar surface area (TPSA) is 67.8 Å². The van der Waals surface area contributed by atoms with Crippen LogP contribution in [0.25, 0.3) is 6.08 Å². The first kappa shape index (κ1) is 15.6. The number of carbonyl (C=O) groups is 1. The summed E-state index contributed by atoms with van der Waals surface area (Å²) >= 11 is 1.58. The Morgan fingerprint density at radius 1 is 1.35 bits per heavy atom. The molecule has 2 aromatic rings. The van der Waals surface area contributed by atoms with E-state index in [0.717, 1.165) is 11.1 Å². The van der Waals surface area contributed by atoms with Gasteiger partial charge in [0.05, 0.1) is 6.10 Å². The van der Waals surface area contributed by atoms with E-state index in [1.807, 2.05) is 16.8 Å². The molecule has 3 rings (SSSR count). The maximum Gasteiger partial charge on any atom is 0.244 e. The van der Waals surface area contributed by atoms with E-state index in [1.165, 1.54) is 6.08 Å². The number of thiophene rings is 1. The molecular formula is C17H17NO4S. The van der Waals surface area contributed by atoms with Crippen molar-refractivity contribution in [1.82, 2.24) is 5.32 Å². The smallest absolute Gasteiger partial charge is 0.244 e. The fourth-order valence-electron chi connectivity index (χ4n) is 2.22. The summed E-state index contributed by atoms with van der Waals surface area (Å²) < 4.78 is 10.5. The fourth-order valence-corrected chi connectivity index (χ4v) is 2.85. The molecule has 0 saturated heterocycles. The molecule has 6 heteroatoms. The molecule has 1 aliphatic rings. The number of aliphatic hydroxyl groups excluding tert-OH is 1. The van der Waals surface area contributed by atoms with Gasteiger partial charge in [-0.25, -0.2) is 0 Å². The molecule has 23 heavy (non-hydrogen) atoms. The average molecular weight is 331 g/mol. The van der Waals surface area contributed by atoms with Gasteiger partial charge in [0.2, 0.25) is 12.7 Å². The molecule has 1 aliphatic heterocycles. The van der Waals surface area contributed by atoms with E-state index in [9.17, 15) is 9.90 Å². The lowest BCUT2D eigenvalue weighted by atomic mass is 10.1. The number of carbonyl (C=O) groups excluding carboxylic acids is 1. The van der Waals surface area contributed by atoms with Gasteiger partial charge in [0, 0.05) is 12.6 Å². The van der Waals surface area contributed by atoms with Crippen molar-refractivity contribution in [2.75, 3.05) is 13.3 Å². The highest BCUT2D eigenvalue weighted by Gasteiger charge is 2.16. The van der Waals surface area contributed by atoms with Crippen LogP contribution in [-0.2, 0) is 4.79 Å². The van der Waals surface area contributed by atoms with Gasteiger partial charge in [-0.1, -0.05) is 6.07 Å². The van der Waals surface area contributed by atoms with Gasteiger partial charge < -0.3 is 19.9 Å². The molecule has 5 nitrogen and oxygen atoms in total. The zero-order chi connectivity index (χ0) is 16.1. The Bertz CT molecular complexity index is 697. The summed E-state index contributed by atoms with van der Waals surface area (Å²) in [5.41, 5.74) is 1.75. The van der Waals surface area contributed by atoms with Crippen molar-refractivity contribution in [3.8, 4) is 11.5 Å². The minimum Gasteiger partial charge on any atom is -0.454 e. The first-order chi connectivity index (χ1) is 11.2. The van der Waals surface area contributed by atoms with E-state index in [0.29, 0.717) is 24.5 Å². The standard InChI is InChI=1S/C17H17NO4S/c19-14(13-2-3-15-16(9-13)22-11-21-15)5-7-18-17(20)4-1-12-6-8-23-10-12/h1-4,6,8-10,14,19H,5,7,11H2,(H,18,20)/b4-1+. The molecule has 1 atom stereocenters. The van der Waals surface area contributed by atoms with Crippen molar-refractivity contribution in [2.45, 2.75) is 12.5 Å². The summed E-state index contributed by atoms with van der Waals surface area (Å²) in [6, 6.07) is 7.29. The molecule has 0 bridgehead atoms. The third-order valence-corrected chi connectivity index (χ3v) is 4.17. The molecular weight excluding hydrogens is 314 g/mol. The number of rotatable bonds is 6. The lowest BCUT2D eigenvalue weighted by molar-refractivity contribution is -0.116. The number of ether oxygens (including phenoxy) is 2. The molecule has 0 radical (unpaired) electrons. The lowest BCUT2D eigenvalue weighted by Gasteiger charge is -2.11. The van der Waals surface area contributed by atoms with Crippen LogP contribution in [0.4, 0.5) is 0 Å². The van der Waals surface area contributed by atoms with Crippen LogP contribution in [0, 0.1) is 0 Å². The van der Waals surface area contributed by atoms with Crippen molar-refractivity contribution in [3.63, 3.8) is 0 Å². The third kappa shape index (κ3) is 4.12. The molecule has 2 N–H and O–H groups in total. The molecule has 1 amide bonds. The molecule has 120 valence electrons. The lowest BCUT2D eigenvalue weighted by Crippen LogP contribution is -2.23. The molecule has 0 aliphatic carbocycles. The van der Waals surface area contributed by atoms with Crippen LogP contribution in [-0.4, -0.2) is 24.4 Å². The quantitative estimate of drug-likeness (QED) is 0.799. The molecule has 1 aromatic carbocycles. The van der Waals surface area contributed by atoms with Crippen LogP contribution in [0.5, 0.6) is 11.5 Å². The van der Waals surface area contributed by atoms with Gasteiger partial charge in [-0.05, 0) is 52.6 Å². The summed E-state index contributed by atoms with van der Waals surface area (Å²) in [5, 5.41) is 16.9. The number of aliphatic hydroxyl groups is 1. The van der Waals surface area contributed by atoms with Gasteiger partial charge in [0.15, 0.2) is 11.5 Å². The molecule has 0 fully saturated rings. The fraction of sp³-hybridized carbons (Fsp3) is 0.235. The number of amides is 1. The number of benzene rings is 1. The number of hydrogen-bond donors (Lipinski definition) is 2. The molecule has 0 spiro atoms. The second-order valence-corrected chi connectivity index (χ2v) is 5.88. The Kier molecular flexibility index (Phi) is 4.95. The SMILES string of the molecule is O=C(/C=C/c1ccsc1)NCCC(O)c1ccc2c(c1)OCO2. The second kappa shape index (κ2) is 7.30. The van der Waals surface area contributed by atoms with Gasteiger partial charge in [0.25, 0.3) is 0 Å². The summed E-state index contributed by atoms with van der Waals surface area (Å²) in [7, 11) is 0. The van der Waals surface area contributed by atoms with Gasteiger partial charge in [-0.2, -0.15) is 11.3 Å². The van der Waals surface area contributed by atoms with E-state index >= 15 is 0 Å². The zero-order valence-corrected chi connectivity index (χ0v) is 13.2. The van der Waals surface area contributed by atoms with Crippen LogP contribution >= 0.6 is 11.3 Å². The Balaban J connectivity index is 1.45. The van der Waals surface area contributed by atoms with Crippen molar-refractivity contribution in [1.29, 1.82) is 0 Å². The summed E-state index contributed by atoms with van der Waals surface area (Å²) in [4.78, 5) is 11.7. The molecule has 2 heterocycles. The summed E-state index contributed by atoms with van der Waals surface area (Å²) in [5.74, 6) is 1.16.